The molecule has 0 aromatic heterocycles. The fourth-order valence-corrected chi connectivity index (χ4v) is 1.56. The molecule has 0 amide bonds. The van der Waals surface area contributed by atoms with Gasteiger partial charge < -0.3 is 9.84 Å². The average Bonchev–Trinajstić information content (AvgIpc) is 2.42. The van der Waals surface area contributed by atoms with Gasteiger partial charge in [0.1, 0.15) is 11.6 Å². The number of benzene rings is 2. The summed E-state index contributed by atoms with van der Waals surface area (Å²) in [6.07, 6.45) is 0. The van der Waals surface area contributed by atoms with Crippen molar-refractivity contribution in [2.75, 3.05) is 0 Å². The van der Waals surface area contributed by atoms with Gasteiger partial charge in [0.05, 0.1) is 5.56 Å². The van der Waals surface area contributed by atoms with Crippen molar-refractivity contribution >= 4 is 5.97 Å². The number of ether oxygens (including phenoxy) is 1. The van der Waals surface area contributed by atoms with E-state index in [9.17, 15) is 18.0 Å². The van der Waals surface area contributed by atoms with Crippen molar-refractivity contribution in [2.45, 2.75) is 6.92 Å². The third kappa shape index (κ3) is 2.59. The normalized spacial score (nSPS) is 10.4. The molecule has 0 saturated carbocycles. The molecule has 0 bridgehead atoms. The van der Waals surface area contributed by atoms with Crippen molar-refractivity contribution in [1.82, 2.24) is 0 Å². The van der Waals surface area contributed by atoms with Gasteiger partial charge in [0.2, 0.25) is 5.82 Å². The van der Waals surface area contributed by atoms with Gasteiger partial charge >= 0.3 is 5.97 Å². The lowest BCUT2D eigenvalue weighted by Gasteiger charge is -2.09. The molecule has 20 heavy (non-hydrogen) atoms. The molecule has 0 aliphatic rings. The average molecular weight is 282 g/mol. The third-order valence-electron chi connectivity index (χ3n) is 2.66. The van der Waals surface area contributed by atoms with Gasteiger partial charge in [-0.25, -0.2) is 13.6 Å². The minimum atomic E-state index is -1.34. The number of carboxylic acid groups (broad SMARTS) is 1. The van der Waals surface area contributed by atoms with E-state index >= 15 is 0 Å². The van der Waals surface area contributed by atoms with Crippen molar-refractivity contribution in [2.24, 2.45) is 0 Å². The highest BCUT2D eigenvalue weighted by Crippen LogP contribution is 2.29. The van der Waals surface area contributed by atoms with Crippen LogP contribution in [0.3, 0.4) is 0 Å². The zero-order chi connectivity index (χ0) is 14.9. The second-order valence-electron chi connectivity index (χ2n) is 4.04. The molecule has 2 aromatic carbocycles. The smallest absolute Gasteiger partial charge is 0.335 e. The van der Waals surface area contributed by atoms with E-state index in [2.05, 4.69) is 0 Å². The highest BCUT2D eigenvalue weighted by Gasteiger charge is 2.17. The van der Waals surface area contributed by atoms with Gasteiger partial charge in [-0.3, -0.25) is 0 Å². The zero-order valence-corrected chi connectivity index (χ0v) is 10.3. The Morgan fingerprint density at radius 2 is 1.85 bits per heavy atom. The Morgan fingerprint density at radius 1 is 1.15 bits per heavy atom. The Morgan fingerprint density at radius 3 is 2.50 bits per heavy atom. The molecule has 6 heteroatoms. The Bertz CT molecular complexity index is 684. The first-order valence-electron chi connectivity index (χ1n) is 5.55. The lowest BCUT2D eigenvalue weighted by molar-refractivity contribution is 0.0696. The van der Waals surface area contributed by atoms with Crippen molar-refractivity contribution < 1.29 is 27.8 Å². The van der Waals surface area contributed by atoms with Crippen molar-refractivity contribution in [1.29, 1.82) is 0 Å². The quantitative estimate of drug-likeness (QED) is 0.868. The van der Waals surface area contributed by atoms with Crippen LogP contribution in [0.15, 0.2) is 30.3 Å². The first-order chi connectivity index (χ1) is 9.40. The SMILES string of the molecule is Cc1c(F)cc(Oc2cccc(C(=O)O)c2)c(F)c1F. The molecule has 0 aliphatic carbocycles. The first kappa shape index (κ1) is 13.9. The number of hydrogen-bond acceptors (Lipinski definition) is 2. The maximum Gasteiger partial charge on any atom is 0.335 e. The van der Waals surface area contributed by atoms with Crippen LogP contribution in [0.2, 0.25) is 0 Å². The van der Waals surface area contributed by atoms with Gasteiger partial charge in [0, 0.05) is 11.6 Å². The van der Waals surface area contributed by atoms with E-state index in [0.717, 1.165) is 13.0 Å². The lowest BCUT2D eigenvalue weighted by Crippen LogP contribution is -1.99. The van der Waals surface area contributed by atoms with Crippen molar-refractivity contribution in [3.8, 4) is 11.5 Å². The molecule has 0 saturated heterocycles. The summed E-state index contributed by atoms with van der Waals surface area (Å²) < 4.78 is 45.3. The predicted molar refractivity (Wildman–Crippen MR) is 64.5 cm³/mol. The fraction of sp³-hybridized carbons (Fsp3) is 0.0714. The minimum absolute atomic E-state index is 0.0357. The molecule has 0 fully saturated rings. The second-order valence-corrected chi connectivity index (χ2v) is 4.04. The van der Waals surface area contributed by atoms with Crippen LogP contribution in [0.1, 0.15) is 15.9 Å². The first-order valence-corrected chi connectivity index (χ1v) is 5.55. The Labute approximate surface area is 112 Å². The highest BCUT2D eigenvalue weighted by molar-refractivity contribution is 5.88. The molecule has 0 radical (unpaired) electrons. The Balaban J connectivity index is 2.40. The number of halogens is 3. The van der Waals surface area contributed by atoms with Crippen LogP contribution in [0.5, 0.6) is 11.5 Å². The Kier molecular flexibility index (Phi) is 3.65. The number of carboxylic acids is 1. The summed E-state index contributed by atoms with van der Waals surface area (Å²) >= 11 is 0. The lowest BCUT2D eigenvalue weighted by atomic mass is 10.2. The minimum Gasteiger partial charge on any atom is -0.478 e. The van der Waals surface area contributed by atoms with Crippen LogP contribution in [0, 0.1) is 24.4 Å². The van der Waals surface area contributed by atoms with Crippen LogP contribution in [-0.2, 0) is 0 Å². The van der Waals surface area contributed by atoms with E-state index in [0.29, 0.717) is 6.07 Å². The molecule has 3 nitrogen and oxygen atoms in total. The topological polar surface area (TPSA) is 46.5 Å². The van der Waals surface area contributed by atoms with Crippen LogP contribution in [0.4, 0.5) is 13.2 Å². The van der Waals surface area contributed by atoms with E-state index < -0.39 is 34.7 Å². The number of carbonyl (C=O) groups is 1. The summed E-state index contributed by atoms with van der Waals surface area (Å²) in [5.74, 6) is -5.50. The summed E-state index contributed by atoms with van der Waals surface area (Å²) in [5, 5.41) is 8.80. The van der Waals surface area contributed by atoms with Crippen molar-refractivity contribution in [3.63, 3.8) is 0 Å². The molecule has 0 aliphatic heterocycles. The standard InChI is InChI=1S/C14H9F3O3/c1-7-10(15)6-11(13(17)12(7)16)20-9-4-2-3-8(5-9)14(18)19/h2-6H,1H3,(H,18,19). The van der Waals surface area contributed by atoms with Gasteiger partial charge in [0.25, 0.3) is 0 Å². The van der Waals surface area contributed by atoms with Gasteiger partial charge in [0.15, 0.2) is 11.6 Å². The predicted octanol–water partition coefficient (Wildman–Crippen LogP) is 3.90. The van der Waals surface area contributed by atoms with Gasteiger partial charge in [-0.05, 0) is 25.1 Å². The summed E-state index contributed by atoms with van der Waals surface area (Å²) in [6, 6.07) is 5.86. The molecule has 0 atom stereocenters. The highest BCUT2D eigenvalue weighted by atomic mass is 19.2. The molecule has 104 valence electrons. The van der Waals surface area contributed by atoms with E-state index in [1.807, 2.05) is 0 Å². The molecular weight excluding hydrogens is 273 g/mol. The van der Waals surface area contributed by atoms with Crippen molar-refractivity contribution in [3.05, 3.63) is 58.9 Å². The molecule has 0 unspecified atom stereocenters. The summed E-state index contributed by atoms with van der Waals surface area (Å²) in [4.78, 5) is 10.8. The largest absolute Gasteiger partial charge is 0.478 e. The van der Waals surface area contributed by atoms with Crippen LogP contribution < -0.4 is 4.74 Å². The molecular formula is C14H9F3O3. The Hall–Kier alpha value is -2.50. The van der Waals surface area contributed by atoms with E-state index in [1.54, 1.807) is 0 Å². The maximum atomic E-state index is 13.6. The molecule has 0 spiro atoms. The van der Waals surface area contributed by atoms with E-state index in [-0.39, 0.29) is 11.3 Å². The second kappa shape index (κ2) is 5.24. The third-order valence-corrected chi connectivity index (χ3v) is 2.66. The molecule has 1 N–H and O–H groups in total. The van der Waals surface area contributed by atoms with Gasteiger partial charge in [-0.1, -0.05) is 6.07 Å². The van der Waals surface area contributed by atoms with E-state index in [4.69, 9.17) is 9.84 Å². The maximum absolute atomic E-state index is 13.6. The molecule has 0 heterocycles. The summed E-state index contributed by atoms with van der Waals surface area (Å²) in [7, 11) is 0. The summed E-state index contributed by atoms with van der Waals surface area (Å²) in [5.41, 5.74) is -0.537. The monoisotopic (exact) mass is 282 g/mol. The van der Waals surface area contributed by atoms with Gasteiger partial charge in [-0.15, -0.1) is 0 Å². The van der Waals surface area contributed by atoms with Crippen LogP contribution in [-0.4, -0.2) is 11.1 Å². The van der Waals surface area contributed by atoms with E-state index in [1.165, 1.54) is 18.2 Å². The molecule has 2 aromatic rings. The van der Waals surface area contributed by atoms with Crippen LogP contribution in [0.25, 0.3) is 0 Å². The molecule has 2 rings (SSSR count). The fourth-order valence-electron chi connectivity index (χ4n) is 1.56. The number of aromatic carboxylic acids is 1. The zero-order valence-electron chi connectivity index (χ0n) is 10.3. The summed E-state index contributed by atoms with van der Waals surface area (Å²) in [6.45, 7) is 1.10. The van der Waals surface area contributed by atoms with Crippen LogP contribution >= 0.6 is 0 Å². The van der Waals surface area contributed by atoms with Gasteiger partial charge in [-0.2, -0.15) is 4.39 Å². The number of hydrogen-bond donors (Lipinski definition) is 1. The number of rotatable bonds is 3.